The van der Waals surface area contributed by atoms with Crippen LogP contribution in [0.1, 0.15) is 0 Å². The predicted octanol–water partition coefficient (Wildman–Crippen LogP) is 0.966. The maximum Gasteiger partial charge on any atom is 1.00 e. The van der Waals surface area contributed by atoms with Crippen molar-refractivity contribution in [2.75, 3.05) is 10.6 Å². The molecule has 0 radical (unpaired) electrons. The Morgan fingerprint density at radius 2 is 1.82 bits per heavy atom. The number of hydrogen-bond donors (Lipinski definition) is 3. The Hall–Kier alpha value is -0.615. The summed E-state index contributed by atoms with van der Waals surface area (Å²) in [5.74, 6) is -0.304. The zero-order valence-electron chi connectivity index (χ0n) is 11.7. The molecule has 2 amide bonds. The standard InChI is InChI=1S/C13H12N3O4S.Rb/c14-21-20-19-11-8-4-7-10(12(11)17)16-13(18)15-9-5-2-1-3-6-9;/h1-8,14,17H,(H2,15,16,18);/q-1;+1. The smallest absolute Gasteiger partial charge is 0.593 e. The molecule has 0 spiro atoms. The molecule has 7 nitrogen and oxygen atoms in total. The van der Waals surface area contributed by atoms with Gasteiger partial charge in [-0.25, -0.2) is 4.79 Å². The molecule has 0 aliphatic rings. The number of carbonyl (C=O) groups excluding carboxylic acids is 1. The van der Waals surface area contributed by atoms with E-state index >= 15 is 0 Å². The molecule has 2 rings (SSSR count). The SMILES string of the molecule is [NH-]SOOc1cccc(NC(=O)Nc2ccccc2)c1O.[Rb+]. The normalized spacial score (nSPS) is 9.50. The molecule has 0 aromatic heterocycles. The van der Waals surface area contributed by atoms with Gasteiger partial charge in [0.25, 0.3) is 0 Å². The van der Waals surface area contributed by atoms with Crippen molar-refractivity contribution >= 4 is 29.6 Å². The van der Waals surface area contributed by atoms with Crippen LogP contribution in [0.2, 0.25) is 0 Å². The van der Waals surface area contributed by atoms with Gasteiger partial charge in [0.15, 0.2) is 5.75 Å². The molecule has 0 aliphatic heterocycles. The molecule has 0 heterocycles. The van der Waals surface area contributed by atoms with Crippen molar-refractivity contribution in [2.24, 2.45) is 0 Å². The molecule has 0 aliphatic carbocycles. The number of para-hydroxylation sites is 2. The van der Waals surface area contributed by atoms with Crippen LogP contribution < -0.4 is 73.7 Å². The monoisotopic (exact) mass is 391 g/mol. The number of amides is 2. The number of carbonyl (C=O) groups is 1. The molecule has 2 aromatic carbocycles. The van der Waals surface area contributed by atoms with Crippen molar-refractivity contribution < 1.29 is 77.3 Å². The van der Waals surface area contributed by atoms with Gasteiger partial charge in [0.1, 0.15) is 0 Å². The first-order valence-corrected chi connectivity index (χ1v) is 6.57. The average Bonchev–Trinajstić information content (AvgIpc) is 2.49. The molecular weight excluding hydrogens is 380 g/mol. The molecular formula is C13H12N3O4RbS. The van der Waals surface area contributed by atoms with E-state index in [1.807, 2.05) is 6.07 Å². The zero-order chi connectivity index (χ0) is 15.1. The number of phenolic OH excluding ortho intramolecular Hbond substituents is 1. The molecule has 22 heavy (non-hydrogen) atoms. The Kier molecular flexibility index (Phi) is 9.02. The number of aromatic hydroxyl groups is 1. The second kappa shape index (κ2) is 10.2. The average molecular weight is 392 g/mol. The van der Waals surface area contributed by atoms with Gasteiger partial charge in [0, 0.05) is 5.69 Å². The third kappa shape index (κ3) is 5.88. The van der Waals surface area contributed by atoms with E-state index in [0.717, 1.165) is 0 Å². The van der Waals surface area contributed by atoms with Crippen molar-refractivity contribution in [3.63, 3.8) is 0 Å². The van der Waals surface area contributed by atoms with Gasteiger partial charge in [0.05, 0.1) is 5.69 Å². The zero-order valence-corrected chi connectivity index (χ0v) is 17.4. The molecule has 0 fully saturated rings. The summed E-state index contributed by atoms with van der Waals surface area (Å²) in [5.41, 5.74) is 0.773. The van der Waals surface area contributed by atoms with Crippen LogP contribution in [0.15, 0.2) is 48.5 Å². The number of nitrogens with one attached hydrogen (secondary N) is 3. The first-order chi connectivity index (χ1) is 10.2. The van der Waals surface area contributed by atoms with E-state index in [1.165, 1.54) is 12.1 Å². The first-order valence-electron chi connectivity index (χ1n) is 5.82. The molecule has 0 atom stereocenters. The number of anilines is 2. The summed E-state index contributed by atoms with van der Waals surface area (Å²) in [5, 5.41) is 21.7. The summed E-state index contributed by atoms with van der Waals surface area (Å²) in [4.78, 5) is 16.5. The van der Waals surface area contributed by atoms with Gasteiger partial charge in [-0.05, 0) is 24.3 Å². The van der Waals surface area contributed by atoms with E-state index in [2.05, 4.69) is 19.9 Å². The maximum atomic E-state index is 11.8. The van der Waals surface area contributed by atoms with Crippen molar-refractivity contribution in [2.45, 2.75) is 0 Å². The fraction of sp³-hybridized carbons (Fsp3) is 0. The second-order valence-corrected chi connectivity index (χ2v) is 4.13. The van der Waals surface area contributed by atoms with Crippen molar-refractivity contribution in [1.82, 2.24) is 0 Å². The largest absolute Gasteiger partial charge is 1.00 e. The van der Waals surface area contributed by atoms with Crippen molar-refractivity contribution in [3.8, 4) is 11.5 Å². The summed E-state index contributed by atoms with van der Waals surface area (Å²) in [6.45, 7) is 0. The molecule has 4 N–H and O–H groups in total. The molecule has 0 unspecified atom stereocenters. The molecule has 0 bridgehead atoms. The summed E-state index contributed by atoms with van der Waals surface area (Å²) in [6, 6.07) is 12.9. The number of urea groups is 1. The molecule has 110 valence electrons. The fourth-order valence-electron chi connectivity index (χ4n) is 1.55. The van der Waals surface area contributed by atoms with Gasteiger partial charge in [-0.2, -0.15) is 0 Å². The molecule has 0 saturated heterocycles. The van der Waals surface area contributed by atoms with Crippen LogP contribution in [0, 0.1) is 0 Å². The fourth-order valence-corrected chi connectivity index (χ4v) is 1.66. The van der Waals surface area contributed by atoms with Gasteiger partial charge in [0.2, 0.25) is 5.75 Å². The van der Waals surface area contributed by atoms with E-state index < -0.39 is 6.03 Å². The van der Waals surface area contributed by atoms with Crippen LogP contribution >= 0.6 is 12.2 Å². The Morgan fingerprint density at radius 3 is 2.50 bits per heavy atom. The van der Waals surface area contributed by atoms with E-state index in [4.69, 9.17) is 5.14 Å². The summed E-state index contributed by atoms with van der Waals surface area (Å²) < 4.78 is 4.35. The van der Waals surface area contributed by atoms with Gasteiger partial charge in [-0.15, -0.1) is 4.33 Å². The van der Waals surface area contributed by atoms with Crippen LogP contribution in [-0.4, -0.2) is 11.1 Å². The number of phenols is 1. The van der Waals surface area contributed by atoms with Crippen LogP contribution in [-0.2, 0) is 4.33 Å². The maximum absolute atomic E-state index is 11.8. The summed E-state index contributed by atoms with van der Waals surface area (Å²) in [6.07, 6.45) is 0. The number of rotatable bonds is 5. The van der Waals surface area contributed by atoms with Gasteiger partial charge in [-0.1, -0.05) is 36.5 Å². The Balaban J connectivity index is 0.00000242. The quantitative estimate of drug-likeness (QED) is 0.232. The van der Waals surface area contributed by atoms with E-state index in [-0.39, 0.29) is 87.6 Å². The molecule has 9 heteroatoms. The number of hydrogen-bond acceptors (Lipinski definition) is 5. The molecule has 0 saturated carbocycles. The summed E-state index contributed by atoms with van der Waals surface area (Å²) >= 11 is 0.244. The van der Waals surface area contributed by atoms with Crippen molar-refractivity contribution in [1.29, 1.82) is 0 Å². The van der Waals surface area contributed by atoms with E-state index in [1.54, 1.807) is 30.3 Å². The minimum atomic E-state index is -0.510. The minimum Gasteiger partial charge on any atom is -0.593 e. The number of benzene rings is 2. The predicted molar refractivity (Wildman–Crippen MR) is 80.8 cm³/mol. The van der Waals surface area contributed by atoms with Gasteiger partial charge >= 0.3 is 64.2 Å². The first kappa shape index (κ1) is 19.4. The van der Waals surface area contributed by atoms with Crippen molar-refractivity contribution in [3.05, 3.63) is 53.7 Å². The van der Waals surface area contributed by atoms with E-state index in [0.29, 0.717) is 5.69 Å². The van der Waals surface area contributed by atoms with Gasteiger partial charge in [-0.3, -0.25) is 0 Å². The van der Waals surface area contributed by atoms with Crippen LogP contribution in [0.5, 0.6) is 11.5 Å². The Morgan fingerprint density at radius 1 is 1.09 bits per heavy atom. The van der Waals surface area contributed by atoms with E-state index in [9.17, 15) is 9.90 Å². The topological polar surface area (TPSA) is 104 Å². The third-order valence-electron chi connectivity index (χ3n) is 2.44. The summed E-state index contributed by atoms with van der Waals surface area (Å²) in [7, 11) is 0. The Labute approximate surface area is 180 Å². The van der Waals surface area contributed by atoms with Crippen LogP contribution in [0.25, 0.3) is 5.14 Å². The van der Waals surface area contributed by atoms with Gasteiger partial charge < -0.3 is 25.8 Å². The van der Waals surface area contributed by atoms with Crippen LogP contribution in [0.3, 0.4) is 0 Å². The molecule has 2 aromatic rings. The third-order valence-corrected chi connectivity index (χ3v) is 2.57. The van der Waals surface area contributed by atoms with Crippen LogP contribution in [0.4, 0.5) is 16.2 Å². The second-order valence-electron chi connectivity index (χ2n) is 3.83. The Bertz CT molecular complexity index is 615. The minimum absolute atomic E-state index is 0.